The van der Waals surface area contributed by atoms with Crippen LogP contribution in [-0.4, -0.2) is 40.5 Å². The first-order valence-corrected chi connectivity index (χ1v) is 10.1. The predicted octanol–water partition coefficient (Wildman–Crippen LogP) is 3.31. The van der Waals surface area contributed by atoms with Gasteiger partial charge in [0.1, 0.15) is 17.3 Å². The lowest BCUT2D eigenvalue weighted by atomic mass is 10.2. The van der Waals surface area contributed by atoms with Crippen molar-refractivity contribution in [3.8, 4) is 11.5 Å². The Morgan fingerprint density at radius 3 is 2.63 bits per heavy atom. The van der Waals surface area contributed by atoms with Crippen molar-refractivity contribution in [3.05, 3.63) is 65.7 Å². The molecule has 1 amide bonds. The maximum Gasteiger partial charge on any atom is 0.234 e. The van der Waals surface area contributed by atoms with Crippen molar-refractivity contribution in [2.24, 2.45) is 0 Å². The molecule has 1 aromatic heterocycles. The number of ether oxygens (including phenoxy) is 2. The van der Waals surface area contributed by atoms with Gasteiger partial charge < -0.3 is 24.5 Å². The lowest BCUT2D eigenvalue weighted by Crippen LogP contribution is -2.15. The van der Waals surface area contributed by atoms with Gasteiger partial charge in [0.05, 0.1) is 38.0 Å². The molecular weight excluding hydrogens is 409 g/mol. The minimum absolute atomic E-state index is 0.103. The molecule has 3 aromatic rings. The number of thioether (sulfide) groups is 1. The molecule has 0 saturated heterocycles. The summed E-state index contributed by atoms with van der Waals surface area (Å²) >= 11 is 1.24. The van der Waals surface area contributed by atoms with Gasteiger partial charge in [-0.3, -0.25) is 4.79 Å². The molecule has 30 heavy (non-hydrogen) atoms. The summed E-state index contributed by atoms with van der Waals surface area (Å²) < 4.78 is 25.4. The molecule has 0 fully saturated rings. The largest absolute Gasteiger partial charge is 0.497 e. The number of hydrogen-bond acceptors (Lipinski definition) is 6. The number of nitrogens with one attached hydrogen (secondary N) is 1. The Labute approximate surface area is 177 Å². The van der Waals surface area contributed by atoms with E-state index in [2.05, 4.69) is 10.3 Å². The minimum Gasteiger partial charge on any atom is -0.497 e. The molecule has 2 aromatic carbocycles. The molecule has 3 rings (SSSR count). The summed E-state index contributed by atoms with van der Waals surface area (Å²) in [6.07, 6.45) is 1.72. The third-order valence-corrected chi connectivity index (χ3v) is 5.22. The molecule has 0 aliphatic heterocycles. The van der Waals surface area contributed by atoms with Crippen LogP contribution in [0.1, 0.15) is 11.3 Å². The quantitative estimate of drug-likeness (QED) is 0.506. The molecule has 9 heteroatoms. The van der Waals surface area contributed by atoms with Crippen molar-refractivity contribution in [2.75, 3.05) is 25.3 Å². The number of nitrogens with zero attached hydrogens (tertiary/aromatic N) is 2. The van der Waals surface area contributed by atoms with Crippen LogP contribution in [0.15, 0.2) is 53.8 Å². The third-order valence-electron chi connectivity index (χ3n) is 4.23. The van der Waals surface area contributed by atoms with Gasteiger partial charge in [-0.1, -0.05) is 23.9 Å². The zero-order chi connectivity index (χ0) is 21.5. The number of carbonyl (C=O) groups excluding carboxylic acids is 1. The second kappa shape index (κ2) is 10.1. The number of halogens is 1. The van der Waals surface area contributed by atoms with E-state index < -0.39 is 0 Å². The highest BCUT2D eigenvalue weighted by atomic mass is 32.2. The van der Waals surface area contributed by atoms with Crippen LogP contribution in [0, 0.1) is 5.82 Å². The second-order valence-electron chi connectivity index (χ2n) is 6.33. The maximum absolute atomic E-state index is 13.1. The third kappa shape index (κ3) is 5.52. The molecular formula is C21H22FN3O4S. The van der Waals surface area contributed by atoms with Gasteiger partial charge in [-0.2, -0.15) is 0 Å². The SMILES string of the molecule is COc1ccc(OC)c(NC(=O)CSc2nc(CO)cn2Cc2ccc(F)cc2)c1. The Morgan fingerprint density at radius 2 is 1.97 bits per heavy atom. The summed E-state index contributed by atoms with van der Waals surface area (Å²) in [5.41, 5.74) is 1.88. The van der Waals surface area contributed by atoms with Gasteiger partial charge in [0.15, 0.2) is 5.16 Å². The smallest absolute Gasteiger partial charge is 0.234 e. The first-order chi connectivity index (χ1) is 14.5. The molecule has 0 radical (unpaired) electrons. The number of imidazole rings is 1. The number of benzene rings is 2. The number of aromatic nitrogens is 2. The standard InChI is InChI=1S/C21H22FN3O4S/c1-28-17-7-8-19(29-2)18(9-17)24-20(27)13-30-21-23-16(12-26)11-25(21)10-14-3-5-15(22)6-4-14/h3-9,11,26H,10,12-13H2,1-2H3,(H,24,27). The fourth-order valence-corrected chi connectivity index (χ4v) is 3.57. The Balaban J connectivity index is 1.68. The van der Waals surface area contributed by atoms with Crippen LogP contribution in [0.2, 0.25) is 0 Å². The van der Waals surface area contributed by atoms with E-state index in [1.165, 1.54) is 31.0 Å². The zero-order valence-corrected chi connectivity index (χ0v) is 17.4. The number of aliphatic hydroxyl groups excluding tert-OH is 1. The molecule has 2 N–H and O–H groups in total. The van der Waals surface area contributed by atoms with E-state index in [9.17, 15) is 14.3 Å². The van der Waals surface area contributed by atoms with E-state index in [1.807, 2.05) is 4.57 Å². The van der Waals surface area contributed by atoms with Crippen molar-refractivity contribution >= 4 is 23.4 Å². The number of aliphatic hydroxyl groups is 1. The highest BCUT2D eigenvalue weighted by molar-refractivity contribution is 7.99. The van der Waals surface area contributed by atoms with E-state index in [1.54, 1.807) is 43.6 Å². The highest BCUT2D eigenvalue weighted by Crippen LogP contribution is 2.29. The van der Waals surface area contributed by atoms with Crippen molar-refractivity contribution in [3.63, 3.8) is 0 Å². The number of hydrogen-bond donors (Lipinski definition) is 2. The Kier molecular flexibility index (Phi) is 7.31. The van der Waals surface area contributed by atoms with Crippen molar-refractivity contribution in [1.82, 2.24) is 9.55 Å². The first kappa shape index (κ1) is 21.7. The molecule has 0 spiro atoms. The Morgan fingerprint density at radius 1 is 1.20 bits per heavy atom. The summed E-state index contributed by atoms with van der Waals surface area (Å²) in [4.78, 5) is 16.8. The number of anilines is 1. The molecule has 0 aliphatic rings. The molecule has 158 valence electrons. The van der Waals surface area contributed by atoms with Crippen LogP contribution in [0.25, 0.3) is 0 Å². The topological polar surface area (TPSA) is 85.6 Å². The number of amides is 1. The fourth-order valence-electron chi connectivity index (χ4n) is 2.77. The Bertz CT molecular complexity index is 1010. The van der Waals surface area contributed by atoms with Gasteiger partial charge in [0, 0.05) is 18.8 Å². The summed E-state index contributed by atoms with van der Waals surface area (Å²) in [6.45, 7) is 0.234. The maximum atomic E-state index is 13.1. The average Bonchev–Trinajstić information content (AvgIpc) is 3.15. The second-order valence-corrected chi connectivity index (χ2v) is 7.27. The van der Waals surface area contributed by atoms with Crippen LogP contribution in [0.3, 0.4) is 0 Å². The minimum atomic E-state index is -0.306. The van der Waals surface area contributed by atoms with Gasteiger partial charge in [-0.05, 0) is 29.8 Å². The van der Waals surface area contributed by atoms with E-state index in [0.29, 0.717) is 34.6 Å². The molecule has 0 unspecified atom stereocenters. The lowest BCUT2D eigenvalue weighted by Gasteiger charge is -2.12. The zero-order valence-electron chi connectivity index (χ0n) is 16.6. The van der Waals surface area contributed by atoms with Crippen molar-refractivity contribution < 1.29 is 23.8 Å². The van der Waals surface area contributed by atoms with Crippen molar-refractivity contribution in [1.29, 1.82) is 0 Å². The molecule has 0 aliphatic carbocycles. The highest BCUT2D eigenvalue weighted by Gasteiger charge is 2.14. The van der Waals surface area contributed by atoms with Crippen molar-refractivity contribution in [2.45, 2.75) is 18.3 Å². The summed E-state index contributed by atoms with van der Waals surface area (Å²) in [5, 5.41) is 12.8. The molecule has 0 bridgehead atoms. The molecule has 0 atom stereocenters. The van der Waals surface area contributed by atoms with Crippen LogP contribution in [0.4, 0.5) is 10.1 Å². The first-order valence-electron chi connectivity index (χ1n) is 9.08. The van der Waals surface area contributed by atoms with Crippen LogP contribution >= 0.6 is 11.8 Å². The molecule has 7 nitrogen and oxygen atoms in total. The van der Waals surface area contributed by atoms with Crippen LogP contribution in [0.5, 0.6) is 11.5 Å². The van der Waals surface area contributed by atoms with Crippen LogP contribution < -0.4 is 14.8 Å². The predicted molar refractivity (Wildman–Crippen MR) is 113 cm³/mol. The molecule has 0 saturated carbocycles. The van der Waals surface area contributed by atoms with E-state index >= 15 is 0 Å². The summed E-state index contributed by atoms with van der Waals surface area (Å²) in [6, 6.07) is 11.3. The normalized spacial score (nSPS) is 10.7. The molecule has 1 heterocycles. The summed E-state index contributed by atoms with van der Waals surface area (Å²) in [5.74, 6) is 0.676. The fraction of sp³-hybridized carbons (Fsp3) is 0.238. The van der Waals surface area contributed by atoms with Crippen LogP contribution in [-0.2, 0) is 17.9 Å². The van der Waals surface area contributed by atoms with E-state index in [-0.39, 0.29) is 24.1 Å². The average molecular weight is 431 g/mol. The van der Waals surface area contributed by atoms with Gasteiger partial charge in [0.25, 0.3) is 0 Å². The van der Waals surface area contributed by atoms with Gasteiger partial charge in [0.2, 0.25) is 5.91 Å². The lowest BCUT2D eigenvalue weighted by molar-refractivity contribution is -0.113. The van der Waals surface area contributed by atoms with Gasteiger partial charge in [-0.25, -0.2) is 9.37 Å². The number of rotatable bonds is 9. The monoisotopic (exact) mass is 431 g/mol. The van der Waals surface area contributed by atoms with E-state index in [0.717, 1.165) is 5.56 Å². The van der Waals surface area contributed by atoms with E-state index in [4.69, 9.17) is 9.47 Å². The van der Waals surface area contributed by atoms with Gasteiger partial charge >= 0.3 is 0 Å². The van der Waals surface area contributed by atoms with Gasteiger partial charge in [-0.15, -0.1) is 0 Å². The summed E-state index contributed by atoms with van der Waals surface area (Å²) in [7, 11) is 3.07. The number of carbonyl (C=O) groups is 1. The number of methoxy groups -OCH3 is 2. The Hall–Kier alpha value is -3.04.